The maximum atomic E-state index is 3.84. The highest BCUT2D eigenvalue weighted by atomic mass is 14.1. The Morgan fingerprint density at radius 3 is 1.85 bits per heavy atom. The minimum absolute atomic E-state index is 0.736. The molecule has 0 spiro atoms. The van der Waals surface area contributed by atoms with E-state index in [1.807, 2.05) is 0 Å². The molecule has 0 nitrogen and oxygen atoms in total. The smallest absolute Gasteiger partial charge is 0.0213 e. The Kier molecular flexibility index (Phi) is 13.7. The minimum Gasteiger partial charge on any atom is -0.103 e. The summed E-state index contributed by atoms with van der Waals surface area (Å²) in [4.78, 5) is 0. The third-order valence-corrected chi connectivity index (χ3v) is 2.25. The van der Waals surface area contributed by atoms with Crippen molar-refractivity contribution in [2.45, 2.75) is 60.3 Å². The Bertz CT molecular complexity index is 94.2. The van der Waals surface area contributed by atoms with Gasteiger partial charge in [-0.2, -0.15) is 0 Å². The van der Waals surface area contributed by atoms with Gasteiger partial charge in [-0.05, 0) is 18.3 Å². The van der Waals surface area contributed by atoms with E-state index >= 15 is 0 Å². The molecule has 0 amide bonds. The molecule has 0 aromatic heterocycles. The van der Waals surface area contributed by atoms with Crippen LogP contribution in [0.5, 0.6) is 0 Å². The number of hydrogen-bond acceptors (Lipinski definition) is 0. The van der Waals surface area contributed by atoms with Crippen molar-refractivity contribution < 1.29 is 0 Å². The van der Waals surface area contributed by atoms with E-state index in [2.05, 4.69) is 47.3 Å². The van der Waals surface area contributed by atoms with Gasteiger partial charge in [0.05, 0.1) is 0 Å². The van der Waals surface area contributed by atoms with Crippen LogP contribution in [-0.4, -0.2) is 0 Å². The first-order valence-electron chi connectivity index (χ1n) is 5.80. The van der Waals surface area contributed by atoms with E-state index in [0.717, 1.165) is 11.8 Å². The van der Waals surface area contributed by atoms with Gasteiger partial charge in [-0.15, -0.1) is 6.58 Å². The van der Waals surface area contributed by atoms with Crippen LogP contribution in [0.3, 0.4) is 0 Å². The maximum Gasteiger partial charge on any atom is -0.0213 e. The van der Waals surface area contributed by atoms with Crippen LogP contribution in [0, 0.1) is 11.8 Å². The molecule has 0 aliphatic carbocycles. The Hall–Kier alpha value is -0.260. The molecule has 0 aromatic carbocycles. The van der Waals surface area contributed by atoms with Crippen LogP contribution in [0.4, 0.5) is 0 Å². The largest absolute Gasteiger partial charge is 0.103 e. The Morgan fingerprint density at radius 2 is 1.62 bits per heavy atom. The van der Waals surface area contributed by atoms with Crippen molar-refractivity contribution in [3.05, 3.63) is 12.7 Å². The second kappa shape index (κ2) is 11.7. The summed E-state index contributed by atoms with van der Waals surface area (Å²) in [7, 11) is 0. The van der Waals surface area contributed by atoms with Crippen LogP contribution in [0.2, 0.25) is 0 Å². The molecule has 0 rings (SSSR count). The summed E-state index contributed by atoms with van der Waals surface area (Å²) in [6, 6.07) is 0. The minimum atomic E-state index is 0.736. The second-order valence-corrected chi connectivity index (χ2v) is 3.78. The van der Waals surface area contributed by atoms with Gasteiger partial charge in [0.25, 0.3) is 0 Å². The predicted octanol–water partition coefficient (Wildman–Crippen LogP) is 5.05. The lowest BCUT2D eigenvalue weighted by atomic mass is 9.88. The molecule has 0 aliphatic heterocycles. The zero-order valence-corrected chi connectivity index (χ0v) is 10.3. The molecular formula is C13H28. The van der Waals surface area contributed by atoms with Gasteiger partial charge in [-0.1, -0.05) is 60.0 Å². The Morgan fingerprint density at radius 1 is 1.15 bits per heavy atom. The molecule has 0 heterocycles. The maximum absolute atomic E-state index is 3.84. The summed E-state index contributed by atoms with van der Waals surface area (Å²) >= 11 is 0. The normalized spacial score (nSPS) is 13.9. The molecule has 0 fully saturated rings. The van der Waals surface area contributed by atoms with Gasteiger partial charge in [0, 0.05) is 0 Å². The highest BCUT2D eigenvalue weighted by molar-refractivity contribution is 4.81. The molecule has 80 valence electrons. The van der Waals surface area contributed by atoms with Gasteiger partial charge < -0.3 is 0 Å². The van der Waals surface area contributed by atoms with E-state index < -0.39 is 0 Å². The fourth-order valence-electron chi connectivity index (χ4n) is 1.47. The number of rotatable bonds is 5. The van der Waals surface area contributed by atoms with Gasteiger partial charge in [0.2, 0.25) is 0 Å². The molecule has 0 N–H and O–H groups in total. The van der Waals surface area contributed by atoms with Crippen molar-refractivity contribution in [3.63, 3.8) is 0 Å². The summed E-state index contributed by atoms with van der Waals surface area (Å²) < 4.78 is 0. The monoisotopic (exact) mass is 184 g/mol. The van der Waals surface area contributed by atoms with E-state index in [0.29, 0.717) is 0 Å². The topological polar surface area (TPSA) is 0 Å². The van der Waals surface area contributed by atoms with Crippen LogP contribution >= 0.6 is 0 Å². The molecule has 2 atom stereocenters. The molecule has 0 aliphatic rings. The average Bonchev–Trinajstić information content (AvgIpc) is 2.08. The standard InChI is InChI=1S/C10H20.C3H8/c1-5-8-9(4)10(6-2)7-3;1-3-2/h6,9-10H,2,5,7-8H2,1,3-4H3;3H2,1-2H3. The fraction of sp³-hybridized carbons (Fsp3) is 0.846. The molecule has 0 aromatic rings. The SMILES string of the molecule is C=CC(CC)C(C)CCC.CCC. The fourth-order valence-corrected chi connectivity index (χ4v) is 1.47. The van der Waals surface area contributed by atoms with Crippen LogP contribution in [0.15, 0.2) is 12.7 Å². The quantitative estimate of drug-likeness (QED) is 0.524. The van der Waals surface area contributed by atoms with E-state index in [1.54, 1.807) is 0 Å². The third-order valence-electron chi connectivity index (χ3n) is 2.25. The second-order valence-electron chi connectivity index (χ2n) is 3.78. The predicted molar refractivity (Wildman–Crippen MR) is 64.0 cm³/mol. The molecule has 0 saturated heterocycles. The highest BCUT2D eigenvalue weighted by Crippen LogP contribution is 2.20. The number of hydrogen-bond donors (Lipinski definition) is 0. The van der Waals surface area contributed by atoms with Crippen molar-refractivity contribution >= 4 is 0 Å². The van der Waals surface area contributed by atoms with Crippen molar-refractivity contribution in [3.8, 4) is 0 Å². The number of allylic oxidation sites excluding steroid dienone is 1. The molecule has 0 saturated carbocycles. The van der Waals surface area contributed by atoms with Gasteiger partial charge in [-0.25, -0.2) is 0 Å². The summed E-state index contributed by atoms with van der Waals surface area (Å²) in [5, 5.41) is 0. The summed E-state index contributed by atoms with van der Waals surface area (Å²) in [6.45, 7) is 14.9. The zero-order valence-electron chi connectivity index (χ0n) is 10.3. The van der Waals surface area contributed by atoms with E-state index in [-0.39, 0.29) is 0 Å². The first-order chi connectivity index (χ1) is 6.17. The molecule has 13 heavy (non-hydrogen) atoms. The van der Waals surface area contributed by atoms with Gasteiger partial charge in [0.15, 0.2) is 0 Å². The summed E-state index contributed by atoms with van der Waals surface area (Å²) in [5.41, 5.74) is 0. The lowest BCUT2D eigenvalue weighted by molar-refractivity contribution is 0.389. The van der Waals surface area contributed by atoms with Crippen LogP contribution in [-0.2, 0) is 0 Å². The first-order valence-corrected chi connectivity index (χ1v) is 5.80. The van der Waals surface area contributed by atoms with Gasteiger partial charge in [0.1, 0.15) is 0 Å². The van der Waals surface area contributed by atoms with Crippen LogP contribution in [0.1, 0.15) is 60.3 Å². The van der Waals surface area contributed by atoms with Crippen molar-refractivity contribution in [2.24, 2.45) is 11.8 Å². The van der Waals surface area contributed by atoms with E-state index in [1.165, 1.54) is 25.7 Å². The Labute approximate surface area is 85.4 Å². The molecule has 0 radical (unpaired) electrons. The molecule has 0 heteroatoms. The van der Waals surface area contributed by atoms with Crippen molar-refractivity contribution in [1.29, 1.82) is 0 Å². The molecule has 2 unspecified atom stereocenters. The van der Waals surface area contributed by atoms with E-state index in [9.17, 15) is 0 Å². The summed E-state index contributed by atoms with van der Waals surface area (Å²) in [5.74, 6) is 1.56. The lowest BCUT2D eigenvalue weighted by Gasteiger charge is -2.17. The molecular weight excluding hydrogens is 156 g/mol. The lowest BCUT2D eigenvalue weighted by Crippen LogP contribution is -2.06. The average molecular weight is 184 g/mol. The van der Waals surface area contributed by atoms with Crippen molar-refractivity contribution in [2.75, 3.05) is 0 Å². The highest BCUT2D eigenvalue weighted by Gasteiger charge is 2.09. The van der Waals surface area contributed by atoms with Crippen molar-refractivity contribution in [1.82, 2.24) is 0 Å². The zero-order chi connectivity index (χ0) is 10.7. The van der Waals surface area contributed by atoms with Crippen LogP contribution < -0.4 is 0 Å². The van der Waals surface area contributed by atoms with Gasteiger partial charge >= 0.3 is 0 Å². The first kappa shape index (κ1) is 15.2. The summed E-state index contributed by atoms with van der Waals surface area (Å²) in [6.07, 6.45) is 7.22. The van der Waals surface area contributed by atoms with E-state index in [4.69, 9.17) is 0 Å². The third kappa shape index (κ3) is 9.66. The Balaban J connectivity index is 0. The van der Waals surface area contributed by atoms with Gasteiger partial charge in [-0.3, -0.25) is 0 Å². The molecule has 0 bridgehead atoms. The van der Waals surface area contributed by atoms with Crippen LogP contribution in [0.25, 0.3) is 0 Å².